The second-order valence-electron chi connectivity index (χ2n) is 5.21. The van der Waals surface area contributed by atoms with Gasteiger partial charge in [-0.05, 0) is 35.6 Å². The fraction of sp³-hybridized carbons (Fsp3) is 0.600. The summed E-state index contributed by atoms with van der Waals surface area (Å²) in [5.74, 6) is 7.43. The molecule has 19 heavy (non-hydrogen) atoms. The predicted octanol–water partition coefficient (Wildman–Crippen LogP) is 3.19. The Kier molecular flexibility index (Phi) is 5.25. The zero-order chi connectivity index (χ0) is 13.8. The summed E-state index contributed by atoms with van der Waals surface area (Å²) in [5.41, 5.74) is 5.56. The number of nitrogens with one attached hydrogen (secondary N) is 1. The molecule has 1 aromatic carbocycles. The summed E-state index contributed by atoms with van der Waals surface area (Å²) < 4.78 is 6.92. The van der Waals surface area contributed by atoms with E-state index in [2.05, 4.69) is 47.3 Å². The molecule has 106 valence electrons. The molecule has 0 fully saturated rings. The number of nitrogens with two attached hydrogens (primary N) is 1. The predicted molar refractivity (Wildman–Crippen MR) is 82.2 cm³/mol. The van der Waals surface area contributed by atoms with Crippen LogP contribution >= 0.6 is 15.9 Å². The van der Waals surface area contributed by atoms with Crippen molar-refractivity contribution in [2.45, 2.75) is 45.6 Å². The van der Waals surface area contributed by atoms with Gasteiger partial charge < -0.3 is 4.74 Å². The summed E-state index contributed by atoms with van der Waals surface area (Å²) in [6.07, 6.45) is 4.21. The van der Waals surface area contributed by atoms with E-state index in [1.165, 1.54) is 11.1 Å². The first-order chi connectivity index (χ1) is 9.19. The number of hydrogen-bond donors (Lipinski definition) is 2. The zero-order valence-electron chi connectivity index (χ0n) is 11.7. The van der Waals surface area contributed by atoms with Crippen molar-refractivity contribution in [3.05, 3.63) is 27.7 Å². The second-order valence-corrected chi connectivity index (χ2v) is 6.12. The Labute approximate surface area is 124 Å². The fourth-order valence-corrected chi connectivity index (χ4v) is 3.51. The maximum atomic E-state index is 5.79. The summed E-state index contributed by atoms with van der Waals surface area (Å²) in [4.78, 5) is 0. The highest BCUT2D eigenvalue weighted by molar-refractivity contribution is 9.10. The lowest BCUT2D eigenvalue weighted by molar-refractivity contribution is 0.324. The first-order valence-corrected chi connectivity index (χ1v) is 7.89. The molecule has 3 N–H and O–H groups in total. The molecule has 2 rings (SSSR count). The molecule has 0 bridgehead atoms. The molecule has 0 spiro atoms. The summed E-state index contributed by atoms with van der Waals surface area (Å²) in [5, 5.41) is 0. The fourth-order valence-electron chi connectivity index (χ4n) is 2.95. The minimum absolute atomic E-state index is 0.303. The van der Waals surface area contributed by atoms with E-state index in [0.717, 1.165) is 42.5 Å². The van der Waals surface area contributed by atoms with Crippen molar-refractivity contribution >= 4 is 15.9 Å². The van der Waals surface area contributed by atoms with E-state index in [1.807, 2.05) is 0 Å². The van der Waals surface area contributed by atoms with Crippen molar-refractivity contribution in [2.24, 2.45) is 11.8 Å². The second kappa shape index (κ2) is 6.73. The number of halogens is 1. The molecule has 0 amide bonds. The van der Waals surface area contributed by atoms with E-state index in [0.29, 0.717) is 12.0 Å². The molecule has 1 aromatic rings. The molecule has 4 heteroatoms. The normalized spacial score (nSPS) is 15.4. The van der Waals surface area contributed by atoms with Crippen LogP contribution in [-0.4, -0.2) is 12.6 Å². The summed E-state index contributed by atoms with van der Waals surface area (Å²) in [6, 6.07) is 4.63. The summed E-state index contributed by atoms with van der Waals surface area (Å²) in [6.45, 7) is 5.24. The topological polar surface area (TPSA) is 47.3 Å². The SMILES string of the molecule is CCC(CC)C(Cc1cc(Br)cc2c1OCC2)NN. The number of benzene rings is 1. The third-order valence-corrected chi connectivity index (χ3v) is 4.55. The van der Waals surface area contributed by atoms with Gasteiger partial charge in [0.25, 0.3) is 0 Å². The average Bonchev–Trinajstić information content (AvgIpc) is 2.86. The van der Waals surface area contributed by atoms with E-state index in [1.54, 1.807) is 0 Å². The van der Waals surface area contributed by atoms with E-state index in [9.17, 15) is 0 Å². The molecule has 0 radical (unpaired) electrons. The van der Waals surface area contributed by atoms with E-state index in [4.69, 9.17) is 10.6 Å². The zero-order valence-corrected chi connectivity index (χ0v) is 13.3. The van der Waals surface area contributed by atoms with E-state index in [-0.39, 0.29) is 0 Å². The molecule has 1 atom stereocenters. The van der Waals surface area contributed by atoms with Crippen molar-refractivity contribution < 1.29 is 4.74 Å². The molecular formula is C15H23BrN2O. The van der Waals surface area contributed by atoms with Crippen molar-refractivity contribution in [3.63, 3.8) is 0 Å². The molecule has 0 saturated carbocycles. The largest absolute Gasteiger partial charge is 0.493 e. The standard InChI is InChI=1S/C15H23BrN2O/c1-3-10(4-2)14(18-17)9-12-8-13(16)7-11-5-6-19-15(11)12/h7-8,10,14,18H,3-6,9,17H2,1-2H3. The minimum Gasteiger partial charge on any atom is -0.493 e. The molecule has 0 saturated heterocycles. The van der Waals surface area contributed by atoms with Crippen molar-refractivity contribution in [1.82, 2.24) is 5.43 Å². The van der Waals surface area contributed by atoms with Gasteiger partial charge in [0, 0.05) is 16.9 Å². The lowest BCUT2D eigenvalue weighted by Gasteiger charge is -2.25. The van der Waals surface area contributed by atoms with Crippen LogP contribution < -0.4 is 16.0 Å². The number of hydrogen-bond acceptors (Lipinski definition) is 3. The van der Waals surface area contributed by atoms with Crippen LogP contribution in [0.4, 0.5) is 0 Å². The van der Waals surface area contributed by atoms with E-state index >= 15 is 0 Å². The van der Waals surface area contributed by atoms with E-state index < -0.39 is 0 Å². The smallest absolute Gasteiger partial charge is 0.125 e. The molecule has 0 aromatic heterocycles. The highest BCUT2D eigenvalue weighted by Crippen LogP contribution is 2.34. The first kappa shape index (κ1) is 14.8. The van der Waals surface area contributed by atoms with Gasteiger partial charge in [0.15, 0.2) is 0 Å². The molecule has 1 heterocycles. The van der Waals surface area contributed by atoms with Gasteiger partial charge in [-0.25, -0.2) is 0 Å². The van der Waals surface area contributed by atoms with Crippen LogP contribution in [0.1, 0.15) is 37.8 Å². The lowest BCUT2D eigenvalue weighted by Crippen LogP contribution is -2.42. The molecule has 0 aliphatic carbocycles. The first-order valence-electron chi connectivity index (χ1n) is 7.09. The van der Waals surface area contributed by atoms with Crippen molar-refractivity contribution in [1.29, 1.82) is 0 Å². The molecule has 1 aliphatic heterocycles. The maximum absolute atomic E-state index is 5.79. The molecular weight excluding hydrogens is 304 g/mol. The average molecular weight is 327 g/mol. The Balaban J connectivity index is 2.22. The quantitative estimate of drug-likeness (QED) is 0.623. The minimum atomic E-state index is 0.303. The van der Waals surface area contributed by atoms with Gasteiger partial charge in [-0.3, -0.25) is 11.3 Å². The Morgan fingerprint density at radius 1 is 1.37 bits per heavy atom. The van der Waals surface area contributed by atoms with Crippen LogP contribution in [0, 0.1) is 5.92 Å². The van der Waals surface area contributed by atoms with Crippen molar-refractivity contribution in [2.75, 3.05) is 6.61 Å². The van der Waals surface area contributed by atoms with Gasteiger partial charge >= 0.3 is 0 Å². The van der Waals surface area contributed by atoms with Crippen molar-refractivity contribution in [3.8, 4) is 5.75 Å². The highest BCUT2D eigenvalue weighted by Gasteiger charge is 2.23. The number of hydrazine groups is 1. The third kappa shape index (κ3) is 3.30. The maximum Gasteiger partial charge on any atom is 0.125 e. The number of fused-ring (bicyclic) bond motifs is 1. The van der Waals surface area contributed by atoms with Gasteiger partial charge in [0.1, 0.15) is 5.75 Å². The Morgan fingerprint density at radius 2 is 2.11 bits per heavy atom. The van der Waals surface area contributed by atoms with Crippen LogP contribution in [-0.2, 0) is 12.8 Å². The van der Waals surface area contributed by atoms with Gasteiger partial charge in [0.05, 0.1) is 6.61 Å². The van der Waals surface area contributed by atoms with Crippen LogP contribution in [0.5, 0.6) is 5.75 Å². The van der Waals surface area contributed by atoms with Gasteiger partial charge in [-0.1, -0.05) is 42.6 Å². The summed E-state index contributed by atoms with van der Waals surface area (Å²) in [7, 11) is 0. The van der Waals surface area contributed by atoms with Crippen LogP contribution in [0.25, 0.3) is 0 Å². The third-order valence-electron chi connectivity index (χ3n) is 4.10. The molecule has 1 aliphatic rings. The number of ether oxygens (including phenoxy) is 1. The van der Waals surface area contributed by atoms with Gasteiger partial charge in [-0.2, -0.15) is 0 Å². The van der Waals surface area contributed by atoms with Crippen LogP contribution in [0.2, 0.25) is 0 Å². The number of rotatable bonds is 6. The Morgan fingerprint density at radius 3 is 2.74 bits per heavy atom. The Hall–Kier alpha value is -0.580. The molecule has 3 nitrogen and oxygen atoms in total. The monoisotopic (exact) mass is 326 g/mol. The Bertz CT molecular complexity index is 432. The van der Waals surface area contributed by atoms with Gasteiger partial charge in [0.2, 0.25) is 0 Å². The summed E-state index contributed by atoms with van der Waals surface area (Å²) >= 11 is 3.59. The molecule has 1 unspecified atom stereocenters. The van der Waals surface area contributed by atoms with Crippen LogP contribution in [0.3, 0.4) is 0 Å². The van der Waals surface area contributed by atoms with Gasteiger partial charge in [-0.15, -0.1) is 0 Å². The highest BCUT2D eigenvalue weighted by atomic mass is 79.9. The van der Waals surface area contributed by atoms with Crippen LogP contribution in [0.15, 0.2) is 16.6 Å². The lowest BCUT2D eigenvalue weighted by atomic mass is 9.89.